The van der Waals surface area contributed by atoms with Gasteiger partial charge in [0.05, 0.1) is 10.2 Å². The number of fused-ring (bicyclic) bond motifs is 1. The third kappa shape index (κ3) is 3.31. The topological polar surface area (TPSA) is 39.2 Å². The molecule has 5 heteroatoms. The Morgan fingerprint density at radius 1 is 1.53 bits per heavy atom. The molecule has 0 saturated carbocycles. The van der Waals surface area contributed by atoms with Gasteiger partial charge in [0.25, 0.3) is 0 Å². The number of hydrogen-bond acceptors (Lipinski definition) is 5. The molecule has 1 aromatic carbocycles. The van der Waals surface area contributed by atoms with Gasteiger partial charge in [-0.3, -0.25) is 0 Å². The summed E-state index contributed by atoms with van der Waals surface area (Å²) in [4.78, 5) is 15.3. The van der Waals surface area contributed by atoms with Crippen LogP contribution in [-0.4, -0.2) is 23.3 Å². The molecule has 0 saturated heterocycles. The molecule has 17 heavy (non-hydrogen) atoms. The number of benzene rings is 1. The second-order valence-corrected chi connectivity index (χ2v) is 5.54. The number of rotatable bonds is 5. The van der Waals surface area contributed by atoms with E-state index in [0.29, 0.717) is 12.4 Å². The van der Waals surface area contributed by atoms with E-state index in [1.54, 1.807) is 23.1 Å². The summed E-state index contributed by atoms with van der Waals surface area (Å²) in [6.07, 6.45) is 1.17. The molecule has 0 spiro atoms. The molecule has 2 aromatic rings. The lowest BCUT2D eigenvalue weighted by molar-refractivity contribution is -0.137. The van der Waals surface area contributed by atoms with Crippen molar-refractivity contribution in [2.45, 2.75) is 4.34 Å². The smallest absolute Gasteiger partial charge is 0.330 e. The monoisotopic (exact) mass is 265 g/mol. The molecule has 3 nitrogen and oxygen atoms in total. The van der Waals surface area contributed by atoms with Crippen molar-refractivity contribution in [2.75, 3.05) is 12.4 Å². The maximum absolute atomic E-state index is 10.8. The molecule has 0 aliphatic heterocycles. The molecule has 88 valence electrons. The van der Waals surface area contributed by atoms with Crippen molar-refractivity contribution in [3.8, 4) is 0 Å². The standard InChI is InChI=1S/C12H11NO2S2/c1-2-11(14)15-7-8-16-12-13-9-5-3-4-6-10(9)17-12/h2-6H,1,7-8H2. The van der Waals surface area contributed by atoms with E-state index in [9.17, 15) is 4.79 Å². The van der Waals surface area contributed by atoms with Crippen LogP contribution in [-0.2, 0) is 9.53 Å². The van der Waals surface area contributed by atoms with Crippen molar-refractivity contribution in [3.63, 3.8) is 0 Å². The summed E-state index contributed by atoms with van der Waals surface area (Å²) in [7, 11) is 0. The Morgan fingerprint density at radius 3 is 3.12 bits per heavy atom. The third-order valence-electron chi connectivity index (χ3n) is 1.99. The summed E-state index contributed by atoms with van der Waals surface area (Å²) >= 11 is 3.25. The van der Waals surface area contributed by atoms with Crippen LogP contribution in [0.25, 0.3) is 10.2 Å². The zero-order chi connectivity index (χ0) is 12.1. The van der Waals surface area contributed by atoms with Crippen molar-refractivity contribution in [3.05, 3.63) is 36.9 Å². The molecule has 0 atom stereocenters. The van der Waals surface area contributed by atoms with Crippen LogP contribution in [0.15, 0.2) is 41.3 Å². The van der Waals surface area contributed by atoms with Crippen LogP contribution in [0, 0.1) is 0 Å². The van der Waals surface area contributed by atoms with E-state index >= 15 is 0 Å². The Kier molecular flexibility index (Phi) is 4.17. The Balaban J connectivity index is 1.87. The Hall–Kier alpha value is -1.33. The lowest BCUT2D eigenvalue weighted by Crippen LogP contribution is -2.03. The highest BCUT2D eigenvalue weighted by Gasteiger charge is 2.03. The lowest BCUT2D eigenvalue weighted by atomic mass is 10.3. The molecular formula is C12H11NO2S2. The van der Waals surface area contributed by atoms with Crippen molar-refractivity contribution < 1.29 is 9.53 Å². The van der Waals surface area contributed by atoms with E-state index in [2.05, 4.69) is 17.6 Å². The quantitative estimate of drug-likeness (QED) is 0.360. The number of carbonyl (C=O) groups is 1. The van der Waals surface area contributed by atoms with Gasteiger partial charge in [-0.2, -0.15) is 0 Å². The van der Waals surface area contributed by atoms with Crippen molar-refractivity contribution in [1.82, 2.24) is 4.98 Å². The van der Waals surface area contributed by atoms with Gasteiger partial charge in [0.2, 0.25) is 0 Å². The van der Waals surface area contributed by atoms with Crippen molar-refractivity contribution in [1.29, 1.82) is 0 Å². The van der Waals surface area contributed by atoms with Gasteiger partial charge in [-0.15, -0.1) is 11.3 Å². The Labute approximate surface area is 108 Å². The second kappa shape index (κ2) is 5.84. The van der Waals surface area contributed by atoms with Crippen LogP contribution in [0.5, 0.6) is 0 Å². The molecule has 1 aromatic heterocycles. The minimum absolute atomic E-state index is 0.380. The molecule has 1 heterocycles. The number of thioether (sulfide) groups is 1. The SMILES string of the molecule is C=CC(=O)OCCSc1nc2ccccc2s1. The number of thiazole rings is 1. The van der Waals surface area contributed by atoms with Gasteiger partial charge in [-0.05, 0) is 12.1 Å². The Morgan fingerprint density at radius 2 is 2.35 bits per heavy atom. The number of nitrogens with zero attached hydrogens (tertiary/aromatic N) is 1. The molecule has 0 amide bonds. The minimum Gasteiger partial charge on any atom is -0.462 e. The van der Waals surface area contributed by atoms with Crippen LogP contribution in [0.1, 0.15) is 0 Å². The fourth-order valence-corrected chi connectivity index (χ4v) is 3.20. The summed E-state index contributed by atoms with van der Waals surface area (Å²) < 4.78 is 7.07. The number of para-hydroxylation sites is 1. The van der Waals surface area contributed by atoms with E-state index in [4.69, 9.17) is 4.74 Å². The van der Waals surface area contributed by atoms with Gasteiger partial charge in [-0.1, -0.05) is 30.5 Å². The first-order valence-corrected chi connectivity index (χ1v) is 6.87. The van der Waals surface area contributed by atoms with Gasteiger partial charge in [0.15, 0.2) is 4.34 Å². The lowest BCUT2D eigenvalue weighted by Gasteiger charge is -1.99. The van der Waals surface area contributed by atoms with Crippen LogP contribution in [0.4, 0.5) is 0 Å². The van der Waals surface area contributed by atoms with E-state index in [0.717, 1.165) is 9.86 Å². The number of carbonyl (C=O) groups excluding carboxylic acids is 1. The van der Waals surface area contributed by atoms with E-state index < -0.39 is 0 Å². The van der Waals surface area contributed by atoms with Crippen LogP contribution < -0.4 is 0 Å². The zero-order valence-electron chi connectivity index (χ0n) is 9.09. The van der Waals surface area contributed by atoms with Gasteiger partial charge in [0.1, 0.15) is 6.61 Å². The predicted molar refractivity (Wildman–Crippen MR) is 71.5 cm³/mol. The van der Waals surface area contributed by atoms with Gasteiger partial charge >= 0.3 is 5.97 Å². The predicted octanol–water partition coefficient (Wildman–Crippen LogP) is 3.12. The highest BCUT2D eigenvalue weighted by atomic mass is 32.2. The number of esters is 1. The van der Waals surface area contributed by atoms with E-state index in [1.165, 1.54) is 10.8 Å². The molecule has 0 fully saturated rings. The van der Waals surface area contributed by atoms with Crippen molar-refractivity contribution in [2.24, 2.45) is 0 Å². The van der Waals surface area contributed by atoms with Gasteiger partial charge in [0, 0.05) is 11.8 Å². The van der Waals surface area contributed by atoms with Crippen LogP contribution in [0.2, 0.25) is 0 Å². The molecule has 2 rings (SSSR count). The average Bonchev–Trinajstić information content (AvgIpc) is 2.76. The number of ether oxygens (including phenoxy) is 1. The normalized spacial score (nSPS) is 10.4. The molecule has 0 N–H and O–H groups in total. The fourth-order valence-electron chi connectivity index (χ4n) is 1.24. The van der Waals surface area contributed by atoms with Crippen LogP contribution >= 0.6 is 23.1 Å². The third-order valence-corrected chi connectivity index (χ3v) is 4.14. The molecule has 0 aliphatic carbocycles. The largest absolute Gasteiger partial charge is 0.462 e. The first-order chi connectivity index (χ1) is 8.29. The second-order valence-electron chi connectivity index (χ2n) is 3.17. The zero-order valence-corrected chi connectivity index (χ0v) is 10.7. The highest BCUT2D eigenvalue weighted by Crippen LogP contribution is 2.28. The summed E-state index contributed by atoms with van der Waals surface area (Å²) in [6, 6.07) is 8.02. The van der Waals surface area contributed by atoms with Crippen LogP contribution in [0.3, 0.4) is 0 Å². The van der Waals surface area contributed by atoms with E-state index in [-0.39, 0.29) is 5.97 Å². The summed E-state index contributed by atoms with van der Waals surface area (Å²) in [5.41, 5.74) is 1.02. The maximum Gasteiger partial charge on any atom is 0.330 e. The molecular weight excluding hydrogens is 254 g/mol. The molecule has 0 bridgehead atoms. The summed E-state index contributed by atoms with van der Waals surface area (Å²) in [6.45, 7) is 3.72. The first kappa shape index (κ1) is 12.1. The number of hydrogen-bond donors (Lipinski definition) is 0. The summed E-state index contributed by atoms with van der Waals surface area (Å²) in [5.74, 6) is 0.328. The van der Waals surface area contributed by atoms with Gasteiger partial charge < -0.3 is 4.74 Å². The summed E-state index contributed by atoms with van der Waals surface area (Å²) in [5, 5.41) is 0. The maximum atomic E-state index is 10.8. The first-order valence-electron chi connectivity index (χ1n) is 5.07. The average molecular weight is 265 g/mol. The van der Waals surface area contributed by atoms with Crippen molar-refractivity contribution >= 4 is 39.3 Å². The number of aromatic nitrogens is 1. The molecule has 0 unspecified atom stereocenters. The molecule has 0 radical (unpaired) electrons. The fraction of sp³-hybridized carbons (Fsp3) is 0.167. The Bertz CT molecular complexity index is 503. The highest BCUT2D eigenvalue weighted by molar-refractivity contribution is 8.01. The van der Waals surface area contributed by atoms with E-state index in [1.807, 2.05) is 18.2 Å². The van der Waals surface area contributed by atoms with Gasteiger partial charge in [-0.25, -0.2) is 9.78 Å². The minimum atomic E-state index is -0.380. The molecule has 0 aliphatic rings.